The minimum atomic E-state index is -0.663. The largest absolute Gasteiger partial charge is 0.497 e. The molecule has 160 valence electrons. The van der Waals surface area contributed by atoms with Gasteiger partial charge in [-0.3, -0.25) is 9.59 Å². The molecule has 31 heavy (non-hydrogen) atoms. The van der Waals surface area contributed by atoms with E-state index in [9.17, 15) is 14.0 Å². The molecule has 0 fully saturated rings. The van der Waals surface area contributed by atoms with Crippen molar-refractivity contribution in [3.05, 3.63) is 83.7 Å². The van der Waals surface area contributed by atoms with Crippen LogP contribution in [0.25, 0.3) is 11.1 Å². The van der Waals surface area contributed by atoms with Crippen LogP contribution in [0.2, 0.25) is 0 Å². The number of methoxy groups -OCH3 is 2. The monoisotopic (exact) mass is 422 g/mol. The van der Waals surface area contributed by atoms with Crippen LogP contribution in [0.3, 0.4) is 0 Å². The summed E-state index contributed by atoms with van der Waals surface area (Å²) in [6.45, 7) is 0.0538. The van der Waals surface area contributed by atoms with Crippen LogP contribution in [0.1, 0.15) is 15.9 Å². The Labute approximate surface area is 180 Å². The first-order valence-corrected chi connectivity index (χ1v) is 9.62. The molecule has 7 heteroatoms. The molecular weight excluding hydrogens is 399 g/mol. The molecule has 0 aromatic heterocycles. The van der Waals surface area contributed by atoms with E-state index >= 15 is 0 Å². The van der Waals surface area contributed by atoms with Gasteiger partial charge in [-0.15, -0.1) is 0 Å². The number of halogens is 1. The van der Waals surface area contributed by atoms with Gasteiger partial charge in [-0.25, -0.2) is 4.39 Å². The number of carbonyl (C=O) groups is 2. The van der Waals surface area contributed by atoms with Crippen LogP contribution in [0.15, 0.2) is 66.7 Å². The summed E-state index contributed by atoms with van der Waals surface area (Å²) in [5.41, 5.74) is 2.19. The highest BCUT2D eigenvalue weighted by atomic mass is 19.1. The summed E-state index contributed by atoms with van der Waals surface area (Å²) in [4.78, 5) is 24.3. The van der Waals surface area contributed by atoms with Crippen LogP contribution in [0.4, 0.5) is 4.39 Å². The zero-order chi connectivity index (χ0) is 22.2. The second-order valence-corrected chi connectivity index (χ2v) is 6.73. The molecule has 0 aliphatic rings. The number of amides is 2. The molecular formula is C24H23FN2O4. The predicted molar refractivity (Wildman–Crippen MR) is 116 cm³/mol. The van der Waals surface area contributed by atoms with Gasteiger partial charge < -0.3 is 20.1 Å². The highest BCUT2D eigenvalue weighted by Gasteiger charge is 2.14. The molecule has 0 bridgehead atoms. The maximum absolute atomic E-state index is 14.5. The third kappa shape index (κ3) is 5.82. The summed E-state index contributed by atoms with van der Waals surface area (Å²) in [7, 11) is 3.15. The Bertz CT molecular complexity index is 1050. The van der Waals surface area contributed by atoms with E-state index in [1.54, 1.807) is 56.7 Å². The van der Waals surface area contributed by atoms with E-state index in [4.69, 9.17) is 9.47 Å². The highest BCUT2D eigenvalue weighted by Crippen LogP contribution is 2.24. The third-order valence-corrected chi connectivity index (χ3v) is 4.70. The van der Waals surface area contributed by atoms with Gasteiger partial charge in [0.15, 0.2) is 0 Å². The van der Waals surface area contributed by atoms with Crippen molar-refractivity contribution in [3.63, 3.8) is 0 Å². The zero-order valence-electron chi connectivity index (χ0n) is 17.3. The molecule has 3 aromatic rings. The molecule has 0 radical (unpaired) electrons. The second kappa shape index (κ2) is 10.2. The van der Waals surface area contributed by atoms with Crippen molar-refractivity contribution in [2.24, 2.45) is 0 Å². The van der Waals surface area contributed by atoms with E-state index in [1.165, 1.54) is 12.1 Å². The minimum absolute atomic E-state index is 0.125. The smallest absolute Gasteiger partial charge is 0.254 e. The fourth-order valence-electron chi connectivity index (χ4n) is 2.92. The molecule has 0 atom stereocenters. The van der Waals surface area contributed by atoms with Crippen molar-refractivity contribution in [3.8, 4) is 22.6 Å². The number of nitrogens with one attached hydrogen (secondary N) is 2. The summed E-state index contributed by atoms with van der Waals surface area (Å²) >= 11 is 0. The van der Waals surface area contributed by atoms with Crippen LogP contribution in [-0.4, -0.2) is 32.6 Å². The van der Waals surface area contributed by atoms with Crippen molar-refractivity contribution in [1.82, 2.24) is 10.6 Å². The molecule has 2 N–H and O–H groups in total. The average Bonchev–Trinajstić information content (AvgIpc) is 2.81. The lowest BCUT2D eigenvalue weighted by Gasteiger charge is -2.09. The normalized spacial score (nSPS) is 10.3. The van der Waals surface area contributed by atoms with E-state index < -0.39 is 11.7 Å². The van der Waals surface area contributed by atoms with Gasteiger partial charge in [-0.05, 0) is 53.1 Å². The van der Waals surface area contributed by atoms with E-state index in [-0.39, 0.29) is 18.0 Å². The van der Waals surface area contributed by atoms with Crippen molar-refractivity contribution in [2.75, 3.05) is 20.8 Å². The molecule has 0 heterocycles. The number of hydrogen-bond acceptors (Lipinski definition) is 4. The summed E-state index contributed by atoms with van der Waals surface area (Å²) in [5.74, 6) is -0.268. The van der Waals surface area contributed by atoms with Crippen LogP contribution < -0.4 is 20.1 Å². The third-order valence-electron chi connectivity index (χ3n) is 4.70. The second-order valence-electron chi connectivity index (χ2n) is 6.73. The van der Waals surface area contributed by atoms with Crippen LogP contribution in [0.5, 0.6) is 11.5 Å². The number of hydrogen-bond donors (Lipinski definition) is 2. The topological polar surface area (TPSA) is 76.7 Å². The summed E-state index contributed by atoms with van der Waals surface area (Å²) in [5, 5.41) is 5.14. The zero-order valence-corrected chi connectivity index (χ0v) is 17.3. The fourth-order valence-corrected chi connectivity index (χ4v) is 2.92. The Morgan fingerprint density at radius 3 is 1.97 bits per heavy atom. The Balaban J connectivity index is 1.53. The predicted octanol–water partition coefficient (Wildman–Crippen LogP) is 3.56. The van der Waals surface area contributed by atoms with E-state index in [0.717, 1.165) is 16.9 Å². The lowest BCUT2D eigenvalue weighted by atomic mass is 10.0. The number of ether oxygens (including phenoxy) is 2. The first kappa shape index (κ1) is 21.8. The minimum Gasteiger partial charge on any atom is -0.497 e. The molecule has 6 nitrogen and oxygen atoms in total. The number of carbonyl (C=O) groups excluding carboxylic acids is 2. The van der Waals surface area contributed by atoms with Crippen molar-refractivity contribution in [2.45, 2.75) is 6.54 Å². The van der Waals surface area contributed by atoms with Gasteiger partial charge in [0.05, 0.1) is 26.3 Å². The molecule has 0 spiro atoms. The lowest BCUT2D eigenvalue weighted by molar-refractivity contribution is -0.120. The van der Waals surface area contributed by atoms with Gasteiger partial charge in [-0.1, -0.05) is 30.3 Å². The number of benzene rings is 3. The maximum atomic E-state index is 14.5. The fraction of sp³-hybridized carbons (Fsp3) is 0.167. The standard InChI is InChI=1S/C24H23FN2O4/c1-30-19-8-3-16(4-9-19)14-26-23(28)15-27-24(29)21-12-7-18(13-22(21)25)17-5-10-20(31-2)11-6-17/h3-13H,14-15H2,1-2H3,(H,26,28)(H,27,29). The molecule has 3 aromatic carbocycles. The molecule has 0 aliphatic heterocycles. The Morgan fingerprint density at radius 2 is 1.39 bits per heavy atom. The van der Waals surface area contributed by atoms with Crippen molar-refractivity contribution < 1.29 is 23.5 Å². The average molecular weight is 422 g/mol. The van der Waals surface area contributed by atoms with Crippen LogP contribution in [0, 0.1) is 5.82 Å². The maximum Gasteiger partial charge on any atom is 0.254 e. The Kier molecular flexibility index (Phi) is 7.22. The molecule has 0 unspecified atom stereocenters. The Morgan fingerprint density at radius 1 is 0.806 bits per heavy atom. The van der Waals surface area contributed by atoms with Gasteiger partial charge in [0, 0.05) is 6.54 Å². The Hall–Kier alpha value is -3.87. The number of rotatable bonds is 8. The van der Waals surface area contributed by atoms with Crippen LogP contribution in [-0.2, 0) is 11.3 Å². The van der Waals surface area contributed by atoms with Gasteiger partial charge in [0.25, 0.3) is 5.91 Å². The van der Waals surface area contributed by atoms with E-state index in [0.29, 0.717) is 17.9 Å². The lowest BCUT2D eigenvalue weighted by Crippen LogP contribution is -2.36. The molecule has 0 saturated carbocycles. The first-order valence-electron chi connectivity index (χ1n) is 9.62. The summed E-state index contributed by atoms with van der Waals surface area (Å²) in [6, 6.07) is 18.8. The van der Waals surface area contributed by atoms with Crippen molar-refractivity contribution >= 4 is 11.8 Å². The van der Waals surface area contributed by atoms with Crippen LogP contribution >= 0.6 is 0 Å². The van der Waals surface area contributed by atoms with Gasteiger partial charge in [0.1, 0.15) is 17.3 Å². The quantitative estimate of drug-likeness (QED) is 0.582. The highest BCUT2D eigenvalue weighted by molar-refractivity contribution is 5.97. The molecule has 2 amide bonds. The van der Waals surface area contributed by atoms with Gasteiger partial charge >= 0.3 is 0 Å². The van der Waals surface area contributed by atoms with Gasteiger partial charge in [0.2, 0.25) is 5.91 Å². The van der Waals surface area contributed by atoms with Gasteiger partial charge in [-0.2, -0.15) is 0 Å². The van der Waals surface area contributed by atoms with Crippen molar-refractivity contribution in [1.29, 1.82) is 0 Å². The molecule has 0 aliphatic carbocycles. The molecule has 0 saturated heterocycles. The molecule has 3 rings (SSSR count). The first-order chi connectivity index (χ1) is 15.0. The SMILES string of the molecule is COc1ccc(CNC(=O)CNC(=O)c2ccc(-c3ccc(OC)cc3)cc2F)cc1. The summed E-state index contributed by atoms with van der Waals surface area (Å²) in [6.07, 6.45) is 0. The van der Waals surface area contributed by atoms with E-state index in [1.807, 2.05) is 12.1 Å². The van der Waals surface area contributed by atoms with E-state index in [2.05, 4.69) is 10.6 Å². The summed E-state index contributed by atoms with van der Waals surface area (Å²) < 4.78 is 24.7.